The molecule has 0 aliphatic carbocycles. The largest absolute Gasteiger partial charge is 0.436 e. The Labute approximate surface area is 105 Å². The van der Waals surface area contributed by atoms with Gasteiger partial charge in [-0.2, -0.15) is 0 Å². The lowest BCUT2D eigenvalue weighted by Crippen LogP contribution is -2.19. The third-order valence-electron chi connectivity index (χ3n) is 2.32. The maximum absolute atomic E-state index is 10.6. The highest BCUT2D eigenvalue weighted by Crippen LogP contribution is 2.08. The van der Waals surface area contributed by atoms with Gasteiger partial charge in [0.2, 0.25) is 0 Å². The predicted molar refractivity (Wildman–Crippen MR) is 65.7 cm³/mol. The van der Waals surface area contributed by atoms with Crippen LogP contribution >= 0.6 is 0 Å². The highest BCUT2D eigenvalue weighted by molar-refractivity contribution is 6.35. The Balaban J connectivity index is 1.75. The van der Waals surface area contributed by atoms with Crippen LogP contribution in [-0.2, 0) is 23.7 Å². The van der Waals surface area contributed by atoms with Gasteiger partial charge in [0.15, 0.2) is 6.29 Å². The molecule has 1 heterocycles. The molecule has 0 radical (unpaired) electrons. The van der Waals surface area contributed by atoms with Gasteiger partial charge >= 0.3 is 5.97 Å². The summed E-state index contributed by atoms with van der Waals surface area (Å²) in [7, 11) is -0.222. The summed E-state index contributed by atoms with van der Waals surface area (Å²) >= 11 is 0. The molecular formula is C11H22O5Si. The number of hydrogen-bond acceptors (Lipinski definition) is 5. The van der Waals surface area contributed by atoms with Crippen molar-refractivity contribution in [1.29, 1.82) is 0 Å². The molecular weight excluding hydrogens is 240 g/mol. The quantitative estimate of drug-likeness (QED) is 0.186. The summed E-state index contributed by atoms with van der Waals surface area (Å²) in [5.74, 6) is -0.296. The second-order valence-corrected chi connectivity index (χ2v) is 5.96. The molecule has 0 saturated carbocycles. The molecule has 1 saturated heterocycles. The zero-order valence-corrected chi connectivity index (χ0v) is 12.1. The number of rotatable bonds is 10. The van der Waals surface area contributed by atoms with Gasteiger partial charge in [-0.1, -0.05) is 6.04 Å². The first kappa shape index (κ1) is 14.6. The third kappa shape index (κ3) is 9.28. The molecule has 100 valence electrons. The molecule has 0 aromatic heterocycles. The van der Waals surface area contributed by atoms with E-state index in [-0.39, 0.29) is 15.5 Å². The molecule has 6 heteroatoms. The molecule has 1 aliphatic heterocycles. The fourth-order valence-electron chi connectivity index (χ4n) is 1.38. The first-order valence-corrected chi connectivity index (χ1v) is 8.16. The highest BCUT2D eigenvalue weighted by Gasteiger charge is 2.21. The van der Waals surface area contributed by atoms with Crippen LogP contribution in [0.1, 0.15) is 20.3 Å². The van der Waals surface area contributed by atoms with Crippen LogP contribution in [0.25, 0.3) is 0 Å². The summed E-state index contributed by atoms with van der Waals surface area (Å²) in [5.41, 5.74) is 0. The molecule has 0 spiro atoms. The van der Waals surface area contributed by atoms with Crippen LogP contribution in [0.5, 0.6) is 0 Å². The van der Waals surface area contributed by atoms with Gasteiger partial charge in [0.05, 0.1) is 22.7 Å². The average molecular weight is 262 g/mol. The average Bonchev–Trinajstić information content (AvgIpc) is 3.04. The van der Waals surface area contributed by atoms with E-state index in [0.717, 1.165) is 32.5 Å². The molecule has 0 amide bonds. The lowest BCUT2D eigenvalue weighted by Gasteiger charge is -2.12. The maximum atomic E-state index is 10.6. The summed E-state index contributed by atoms with van der Waals surface area (Å²) < 4.78 is 20.7. The zero-order chi connectivity index (χ0) is 12.5. The van der Waals surface area contributed by atoms with E-state index in [2.05, 4.69) is 0 Å². The van der Waals surface area contributed by atoms with E-state index in [0.29, 0.717) is 6.10 Å². The third-order valence-corrected chi connectivity index (χ3v) is 3.85. The van der Waals surface area contributed by atoms with Crippen molar-refractivity contribution in [2.45, 2.75) is 38.7 Å². The van der Waals surface area contributed by atoms with Gasteiger partial charge < -0.3 is 18.9 Å². The minimum atomic E-state index is -0.414. The zero-order valence-electron chi connectivity index (χ0n) is 10.6. The monoisotopic (exact) mass is 262 g/mol. The number of epoxide rings is 1. The van der Waals surface area contributed by atoms with Gasteiger partial charge in [-0.3, -0.25) is 4.79 Å². The standard InChI is InChI=1S/C11H22O5Si/c1-9(12)16-10(2)15-8-17-5-3-4-13-6-11-7-14-11/h10-11H,3-8,17H2,1-2H3. The van der Waals surface area contributed by atoms with E-state index in [4.69, 9.17) is 18.9 Å². The van der Waals surface area contributed by atoms with Gasteiger partial charge in [0.25, 0.3) is 0 Å². The van der Waals surface area contributed by atoms with E-state index in [1.54, 1.807) is 6.92 Å². The Kier molecular flexibility index (Phi) is 7.42. The lowest BCUT2D eigenvalue weighted by molar-refractivity contribution is -0.168. The molecule has 1 fully saturated rings. The van der Waals surface area contributed by atoms with E-state index >= 15 is 0 Å². The van der Waals surface area contributed by atoms with E-state index in [9.17, 15) is 4.79 Å². The van der Waals surface area contributed by atoms with Crippen molar-refractivity contribution in [3.63, 3.8) is 0 Å². The summed E-state index contributed by atoms with van der Waals surface area (Å²) in [6, 6.07) is 1.19. The molecule has 2 atom stereocenters. The van der Waals surface area contributed by atoms with Crippen molar-refractivity contribution in [3.05, 3.63) is 0 Å². The second kappa shape index (κ2) is 8.63. The highest BCUT2D eigenvalue weighted by atomic mass is 28.2. The molecule has 1 aliphatic rings. The van der Waals surface area contributed by atoms with Crippen LogP contribution < -0.4 is 0 Å². The van der Waals surface area contributed by atoms with E-state index in [1.807, 2.05) is 0 Å². The van der Waals surface area contributed by atoms with Gasteiger partial charge in [-0.05, 0) is 13.3 Å². The molecule has 0 N–H and O–H groups in total. The van der Waals surface area contributed by atoms with Crippen LogP contribution in [0.15, 0.2) is 0 Å². The van der Waals surface area contributed by atoms with E-state index < -0.39 is 6.29 Å². The molecule has 1 rings (SSSR count). The summed E-state index contributed by atoms with van der Waals surface area (Å²) in [4.78, 5) is 10.6. The first-order valence-electron chi connectivity index (χ1n) is 6.16. The Morgan fingerprint density at radius 1 is 1.59 bits per heavy atom. The molecule has 17 heavy (non-hydrogen) atoms. The van der Waals surface area contributed by atoms with Crippen LogP contribution in [0, 0.1) is 0 Å². The number of carbonyl (C=O) groups excluding carboxylic acids is 1. The van der Waals surface area contributed by atoms with Crippen LogP contribution in [-0.4, -0.2) is 53.9 Å². The number of carbonyl (C=O) groups is 1. The summed E-state index contributed by atoms with van der Waals surface area (Å²) in [6.45, 7) is 5.54. The normalized spacial score (nSPS) is 20.7. The fourth-order valence-corrected chi connectivity index (χ4v) is 2.64. The number of ether oxygens (including phenoxy) is 4. The first-order chi connectivity index (χ1) is 8.18. The van der Waals surface area contributed by atoms with Crippen molar-refractivity contribution >= 4 is 15.5 Å². The van der Waals surface area contributed by atoms with Gasteiger partial charge in [0.1, 0.15) is 6.10 Å². The summed E-state index contributed by atoms with van der Waals surface area (Å²) in [6.07, 6.45) is 1.79. The smallest absolute Gasteiger partial charge is 0.304 e. The fraction of sp³-hybridized carbons (Fsp3) is 0.909. The SMILES string of the molecule is CC(=O)OC(C)OC[SiH2]CCCOCC1CO1. The minimum Gasteiger partial charge on any atom is -0.436 e. The van der Waals surface area contributed by atoms with E-state index in [1.165, 1.54) is 13.0 Å². The minimum absolute atomic E-state index is 0.222. The molecule has 0 aromatic carbocycles. The Bertz CT molecular complexity index is 220. The number of hydrogen-bond donors (Lipinski definition) is 0. The van der Waals surface area contributed by atoms with Crippen molar-refractivity contribution in [1.82, 2.24) is 0 Å². The molecule has 0 aromatic rings. The number of esters is 1. The lowest BCUT2D eigenvalue weighted by atomic mass is 10.5. The van der Waals surface area contributed by atoms with Gasteiger partial charge in [-0.15, -0.1) is 0 Å². The van der Waals surface area contributed by atoms with Crippen molar-refractivity contribution in [3.8, 4) is 0 Å². The van der Waals surface area contributed by atoms with Crippen molar-refractivity contribution in [2.24, 2.45) is 0 Å². The van der Waals surface area contributed by atoms with Gasteiger partial charge in [-0.25, -0.2) is 0 Å². The van der Waals surface area contributed by atoms with Crippen LogP contribution in [0.4, 0.5) is 0 Å². The van der Waals surface area contributed by atoms with Crippen LogP contribution in [0.3, 0.4) is 0 Å². The van der Waals surface area contributed by atoms with Crippen molar-refractivity contribution < 1.29 is 23.7 Å². The molecule has 2 unspecified atom stereocenters. The predicted octanol–water partition coefficient (Wildman–Crippen LogP) is 0.262. The molecule has 5 nitrogen and oxygen atoms in total. The van der Waals surface area contributed by atoms with Crippen LogP contribution in [0.2, 0.25) is 6.04 Å². The Morgan fingerprint density at radius 3 is 3.00 bits per heavy atom. The van der Waals surface area contributed by atoms with Gasteiger partial charge in [0, 0.05) is 19.8 Å². The Hall–Kier alpha value is -0.433. The topological polar surface area (TPSA) is 57.3 Å². The summed E-state index contributed by atoms with van der Waals surface area (Å²) in [5, 5.41) is 0. The second-order valence-electron chi connectivity index (χ2n) is 4.14. The Morgan fingerprint density at radius 2 is 2.35 bits per heavy atom. The van der Waals surface area contributed by atoms with Crippen molar-refractivity contribution in [2.75, 3.05) is 26.1 Å². The molecule has 0 bridgehead atoms. The maximum Gasteiger partial charge on any atom is 0.304 e.